The molecule has 0 aromatic heterocycles. The third-order valence-corrected chi connectivity index (χ3v) is 3.53. The Hall–Kier alpha value is -0.200. The van der Waals surface area contributed by atoms with Gasteiger partial charge in [0, 0.05) is 11.1 Å². The Labute approximate surface area is 109 Å². The molecule has 89 valence electrons. The van der Waals surface area contributed by atoms with Crippen LogP contribution in [-0.2, 0) is 0 Å². The van der Waals surface area contributed by atoms with Crippen LogP contribution >= 0.6 is 23.2 Å². The summed E-state index contributed by atoms with van der Waals surface area (Å²) in [6.07, 6.45) is 5.92. The highest BCUT2D eigenvalue weighted by Gasteiger charge is 2.16. The van der Waals surface area contributed by atoms with Crippen LogP contribution in [0, 0.1) is 6.07 Å². The first kappa shape index (κ1) is 13.9. The van der Waals surface area contributed by atoms with Crippen molar-refractivity contribution in [2.45, 2.75) is 51.9 Å². The molecule has 0 spiro atoms. The molecule has 1 unspecified atom stereocenters. The molecule has 0 N–H and O–H groups in total. The van der Waals surface area contributed by atoms with Gasteiger partial charge in [0.25, 0.3) is 0 Å². The summed E-state index contributed by atoms with van der Waals surface area (Å²) in [4.78, 5) is 0. The Morgan fingerprint density at radius 2 is 1.94 bits per heavy atom. The second kappa shape index (κ2) is 7.19. The van der Waals surface area contributed by atoms with Gasteiger partial charge in [0.2, 0.25) is 0 Å². The van der Waals surface area contributed by atoms with Gasteiger partial charge in [-0.3, -0.25) is 0 Å². The lowest BCUT2D eigenvalue weighted by atomic mass is 9.89. The maximum absolute atomic E-state index is 6.23. The van der Waals surface area contributed by atoms with Crippen LogP contribution in [-0.4, -0.2) is 0 Å². The maximum Gasteiger partial charge on any atom is 0.0534 e. The Morgan fingerprint density at radius 1 is 1.19 bits per heavy atom. The predicted molar refractivity (Wildman–Crippen MR) is 72.5 cm³/mol. The van der Waals surface area contributed by atoms with Gasteiger partial charge in [0.15, 0.2) is 0 Å². The Kier molecular flexibility index (Phi) is 6.23. The topological polar surface area (TPSA) is 0 Å². The van der Waals surface area contributed by atoms with Crippen molar-refractivity contribution in [2.75, 3.05) is 0 Å². The molecule has 0 nitrogen and oxygen atoms in total. The van der Waals surface area contributed by atoms with Gasteiger partial charge in [0.05, 0.1) is 5.02 Å². The number of hydrogen-bond acceptors (Lipinski definition) is 0. The van der Waals surface area contributed by atoms with E-state index in [1.54, 1.807) is 6.07 Å². The summed E-state index contributed by atoms with van der Waals surface area (Å²) < 4.78 is 0. The van der Waals surface area contributed by atoms with Crippen LogP contribution in [0.3, 0.4) is 0 Å². The number of halogens is 2. The van der Waals surface area contributed by atoms with Crippen molar-refractivity contribution in [3.05, 3.63) is 33.8 Å². The fourth-order valence-electron chi connectivity index (χ4n) is 2.07. The van der Waals surface area contributed by atoms with Crippen molar-refractivity contribution in [3.63, 3.8) is 0 Å². The minimum Gasteiger partial charge on any atom is -0.0840 e. The summed E-state index contributed by atoms with van der Waals surface area (Å²) in [5.74, 6) is 0.488. The molecule has 0 aliphatic heterocycles. The van der Waals surface area contributed by atoms with Gasteiger partial charge in [-0.2, -0.15) is 0 Å². The number of unbranched alkanes of at least 4 members (excludes halogenated alkanes) is 1. The number of hydrogen-bond donors (Lipinski definition) is 0. The Balaban J connectivity index is 2.90. The number of rotatable bonds is 6. The summed E-state index contributed by atoms with van der Waals surface area (Å²) in [6, 6.07) is 6.71. The average Bonchev–Trinajstić information content (AvgIpc) is 2.25. The molecule has 2 heteroatoms. The lowest BCUT2D eigenvalue weighted by molar-refractivity contribution is 0.541. The molecule has 0 fully saturated rings. The van der Waals surface area contributed by atoms with E-state index in [1.807, 2.05) is 6.07 Å². The lowest BCUT2D eigenvalue weighted by Gasteiger charge is -2.19. The van der Waals surface area contributed by atoms with Crippen molar-refractivity contribution >= 4 is 23.2 Å². The first-order valence-corrected chi connectivity index (χ1v) is 6.81. The van der Waals surface area contributed by atoms with E-state index in [9.17, 15) is 0 Å². The molecular weight excluding hydrogens is 239 g/mol. The van der Waals surface area contributed by atoms with Crippen molar-refractivity contribution in [1.29, 1.82) is 0 Å². The molecule has 0 aliphatic carbocycles. The predicted octanol–water partition coefficient (Wildman–Crippen LogP) is 5.87. The molecule has 1 aromatic rings. The molecule has 1 rings (SSSR count). The fraction of sp³-hybridized carbons (Fsp3) is 0.571. The smallest absolute Gasteiger partial charge is 0.0534 e. The van der Waals surface area contributed by atoms with E-state index in [0.29, 0.717) is 10.9 Å². The minimum absolute atomic E-state index is 0.488. The van der Waals surface area contributed by atoms with E-state index >= 15 is 0 Å². The second-order valence-electron chi connectivity index (χ2n) is 4.18. The summed E-state index contributed by atoms with van der Waals surface area (Å²) >= 11 is 12.4. The summed E-state index contributed by atoms with van der Waals surface area (Å²) in [7, 11) is 0. The molecule has 0 heterocycles. The third kappa shape index (κ3) is 3.68. The van der Waals surface area contributed by atoms with E-state index in [4.69, 9.17) is 23.2 Å². The third-order valence-electron chi connectivity index (χ3n) is 2.89. The molecular formula is C14H19Cl2. The fourth-order valence-corrected chi connectivity index (χ4v) is 2.75. The molecule has 0 amide bonds. The largest absolute Gasteiger partial charge is 0.0840 e. The normalized spacial score (nSPS) is 12.8. The SMILES string of the molecule is CCCCC(CCC)c1c(Cl)[c]ccc1Cl. The lowest BCUT2D eigenvalue weighted by Crippen LogP contribution is -2.01. The highest BCUT2D eigenvalue weighted by Crippen LogP contribution is 2.36. The molecule has 1 atom stereocenters. The van der Waals surface area contributed by atoms with E-state index < -0.39 is 0 Å². The van der Waals surface area contributed by atoms with Crippen LogP contribution in [0.1, 0.15) is 57.4 Å². The molecule has 1 aromatic carbocycles. The molecule has 0 saturated heterocycles. The Bertz CT molecular complexity index is 300. The van der Waals surface area contributed by atoms with E-state index in [-0.39, 0.29) is 0 Å². The highest BCUT2D eigenvalue weighted by molar-refractivity contribution is 6.36. The van der Waals surface area contributed by atoms with Crippen molar-refractivity contribution in [3.8, 4) is 0 Å². The number of benzene rings is 1. The molecule has 0 saturated carbocycles. The van der Waals surface area contributed by atoms with Gasteiger partial charge < -0.3 is 0 Å². The van der Waals surface area contributed by atoms with Gasteiger partial charge in [-0.05, 0) is 30.4 Å². The zero-order valence-electron chi connectivity index (χ0n) is 10.0. The van der Waals surface area contributed by atoms with Crippen LogP contribution in [0.2, 0.25) is 10.0 Å². The van der Waals surface area contributed by atoms with E-state index in [0.717, 1.165) is 23.4 Å². The van der Waals surface area contributed by atoms with E-state index in [2.05, 4.69) is 19.9 Å². The standard InChI is InChI=1S/C14H19Cl2/c1-3-5-8-11(7-4-2)14-12(15)9-6-10-13(14)16/h6,9,11H,3-5,7-8H2,1-2H3. The highest BCUT2D eigenvalue weighted by atomic mass is 35.5. The van der Waals surface area contributed by atoms with Gasteiger partial charge >= 0.3 is 0 Å². The van der Waals surface area contributed by atoms with Crippen LogP contribution < -0.4 is 0 Å². The van der Waals surface area contributed by atoms with Crippen molar-refractivity contribution in [2.24, 2.45) is 0 Å². The van der Waals surface area contributed by atoms with Crippen LogP contribution in [0.25, 0.3) is 0 Å². The first-order valence-electron chi connectivity index (χ1n) is 6.06. The summed E-state index contributed by atoms with van der Waals surface area (Å²) in [6.45, 7) is 4.41. The summed E-state index contributed by atoms with van der Waals surface area (Å²) in [5.41, 5.74) is 1.10. The zero-order chi connectivity index (χ0) is 12.0. The monoisotopic (exact) mass is 257 g/mol. The second-order valence-corrected chi connectivity index (χ2v) is 4.97. The van der Waals surface area contributed by atoms with Gasteiger partial charge in [-0.25, -0.2) is 0 Å². The minimum atomic E-state index is 0.488. The van der Waals surface area contributed by atoms with Crippen LogP contribution in [0.4, 0.5) is 0 Å². The van der Waals surface area contributed by atoms with Crippen LogP contribution in [0.15, 0.2) is 12.1 Å². The zero-order valence-corrected chi connectivity index (χ0v) is 11.5. The molecule has 0 bridgehead atoms. The molecule has 0 aliphatic rings. The first-order chi connectivity index (χ1) is 7.70. The van der Waals surface area contributed by atoms with Crippen molar-refractivity contribution < 1.29 is 0 Å². The van der Waals surface area contributed by atoms with E-state index in [1.165, 1.54) is 19.3 Å². The van der Waals surface area contributed by atoms with Gasteiger partial charge in [-0.15, -0.1) is 0 Å². The molecule has 16 heavy (non-hydrogen) atoms. The quantitative estimate of drug-likeness (QED) is 0.598. The van der Waals surface area contributed by atoms with Crippen LogP contribution in [0.5, 0.6) is 0 Å². The average molecular weight is 258 g/mol. The summed E-state index contributed by atoms with van der Waals surface area (Å²) in [5, 5.41) is 1.49. The maximum atomic E-state index is 6.23. The van der Waals surface area contributed by atoms with Crippen molar-refractivity contribution in [1.82, 2.24) is 0 Å². The van der Waals surface area contributed by atoms with Gasteiger partial charge in [-0.1, -0.05) is 62.4 Å². The molecule has 1 radical (unpaired) electrons. The Morgan fingerprint density at radius 3 is 2.50 bits per heavy atom. The van der Waals surface area contributed by atoms with Gasteiger partial charge in [0.1, 0.15) is 0 Å².